The van der Waals surface area contributed by atoms with Gasteiger partial charge in [-0.3, -0.25) is 4.90 Å². The summed E-state index contributed by atoms with van der Waals surface area (Å²) in [5.41, 5.74) is 2.60. The van der Waals surface area contributed by atoms with Crippen LogP contribution in [-0.2, 0) is 6.54 Å². The Kier molecular flexibility index (Phi) is 6.46. The van der Waals surface area contributed by atoms with Crippen LogP contribution in [0.25, 0.3) is 0 Å². The standard InChI is InChI=1S/C28H32N4O/c29-18-23-7-4-8-26(17-23)30-28(33)32(20-25-16-22-9-10-24(25)15-22)27-11-13-31(14-12-27)19-21-5-2-1-3-6-21/h1-10,17,22,24-25,27H,11-16,19-20H2,(H,30,33). The molecule has 5 nitrogen and oxygen atoms in total. The number of amides is 2. The molecule has 1 saturated carbocycles. The van der Waals surface area contributed by atoms with Crippen molar-refractivity contribution in [2.75, 3.05) is 25.0 Å². The van der Waals surface area contributed by atoms with Crippen LogP contribution in [0.5, 0.6) is 0 Å². The molecule has 2 amide bonds. The van der Waals surface area contributed by atoms with Crippen LogP contribution in [0.2, 0.25) is 0 Å². The molecule has 0 radical (unpaired) electrons. The molecule has 2 bridgehead atoms. The van der Waals surface area contributed by atoms with E-state index in [0.717, 1.165) is 39.0 Å². The van der Waals surface area contributed by atoms with E-state index in [1.807, 2.05) is 12.1 Å². The van der Waals surface area contributed by atoms with Crippen molar-refractivity contribution in [1.82, 2.24) is 9.80 Å². The molecule has 3 aliphatic rings. The highest BCUT2D eigenvalue weighted by atomic mass is 16.2. The molecule has 5 rings (SSSR count). The van der Waals surface area contributed by atoms with Crippen molar-refractivity contribution in [3.63, 3.8) is 0 Å². The van der Waals surface area contributed by atoms with Gasteiger partial charge in [0.2, 0.25) is 0 Å². The molecule has 2 aromatic carbocycles. The number of allylic oxidation sites excluding steroid dienone is 2. The number of carbonyl (C=O) groups excluding carboxylic acids is 1. The van der Waals surface area contributed by atoms with E-state index >= 15 is 0 Å². The Morgan fingerprint density at radius 3 is 2.58 bits per heavy atom. The molecular weight excluding hydrogens is 408 g/mol. The van der Waals surface area contributed by atoms with Crippen molar-refractivity contribution in [2.24, 2.45) is 17.8 Å². The van der Waals surface area contributed by atoms with Crippen molar-refractivity contribution in [1.29, 1.82) is 5.26 Å². The van der Waals surface area contributed by atoms with Crippen molar-refractivity contribution in [2.45, 2.75) is 38.3 Å². The quantitative estimate of drug-likeness (QED) is 0.623. The van der Waals surface area contributed by atoms with Crippen LogP contribution >= 0.6 is 0 Å². The van der Waals surface area contributed by atoms with Gasteiger partial charge in [0.1, 0.15) is 0 Å². The molecule has 2 aromatic rings. The van der Waals surface area contributed by atoms with E-state index in [9.17, 15) is 10.1 Å². The van der Waals surface area contributed by atoms with Gasteiger partial charge in [0.05, 0.1) is 11.6 Å². The van der Waals surface area contributed by atoms with E-state index in [0.29, 0.717) is 29.0 Å². The maximum atomic E-state index is 13.5. The lowest BCUT2D eigenvalue weighted by atomic mass is 9.91. The molecule has 1 heterocycles. The second-order valence-corrected chi connectivity index (χ2v) is 9.81. The first-order valence-corrected chi connectivity index (χ1v) is 12.2. The number of anilines is 1. The maximum absolute atomic E-state index is 13.5. The van der Waals surface area contributed by atoms with Crippen molar-refractivity contribution in [3.8, 4) is 6.07 Å². The summed E-state index contributed by atoms with van der Waals surface area (Å²) in [6.45, 7) is 3.80. The Labute approximate surface area is 196 Å². The van der Waals surface area contributed by atoms with E-state index in [1.54, 1.807) is 12.1 Å². The van der Waals surface area contributed by atoms with Crippen molar-refractivity contribution >= 4 is 11.7 Å². The maximum Gasteiger partial charge on any atom is 0.322 e. The van der Waals surface area contributed by atoms with Crippen LogP contribution in [0.1, 0.15) is 36.8 Å². The third-order valence-electron chi connectivity index (χ3n) is 7.60. The third-order valence-corrected chi connectivity index (χ3v) is 7.60. The van der Waals surface area contributed by atoms with Gasteiger partial charge in [-0.15, -0.1) is 0 Å². The first kappa shape index (κ1) is 21.7. The van der Waals surface area contributed by atoms with Crippen LogP contribution in [0.3, 0.4) is 0 Å². The molecule has 1 saturated heterocycles. The number of nitrogens with zero attached hydrogens (tertiary/aromatic N) is 3. The van der Waals surface area contributed by atoms with Gasteiger partial charge in [0, 0.05) is 37.9 Å². The van der Waals surface area contributed by atoms with Crippen LogP contribution < -0.4 is 5.32 Å². The molecule has 5 heteroatoms. The van der Waals surface area contributed by atoms with Gasteiger partial charge in [-0.1, -0.05) is 48.6 Å². The Bertz CT molecular complexity index is 1040. The van der Waals surface area contributed by atoms with Gasteiger partial charge in [-0.05, 0) is 67.2 Å². The minimum absolute atomic E-state index is 0.0293. The second kappa shape index (κ2) is 9.80. The highest BCUT2D eigenvalue weighted by Crippen LogP contribution is 2.44. The SMILES string of the molecule is N#Cc1cccc(NC(=O)N(CC2CC3C=CC2C3)C2CCN(Cc3ccccc3)CC2)c1. The summed E-state index contributed by atoms with van der Waals surface area (Å²) in [5.74, 6) is 1.87. The second-order valence-electron chi connectivity index (χ2n) is 9.81. The highest BCUT2D eigenvalue weighted by molar-refractivity contribution is 5.89. The topological polar surface area (TPSA) is 59.4 Å². The minimum Gasteiger partial charge on any atom is -0.321 e. The summed E-state index contributed by atoms with van der Waals surface area (Å²) >= 11 is 0. The number of likely N-dealkylation sites (tertiary alicyclic amines) is 1. The molecule has 0 aromatic heterocycles. The molecule has 2 fully saturated rings. The summed E-state index contributed by atoms with van der Waals surface area (Å²) < 4.78 is 0. The summed E-state index contributed by atoms with van der Waals surface area (Å²) in [6, 6.07) is 20.2. The normalized spacial score (nSPS) is 24.5. The fourth-order valence-corrected chi connectivity index (χ4v) is 5.85. The lowest BCUT2D eigenvalue weighted by Crippen LogP contribution is -2.50. The van der Waals surface area contributed by atoms with E-state index in [-0.39, 0.29) is 12.1 Å². The van der Waals surface area contributed by atoms with Gasteiger partial charge >= 0.3 is 6.03 Å². The number of urea groups is 1. The van der Waals surface area contributed by atoms with Crippen LogP contribution in [0.15, 0.2) is 66.7 Å². The molecule has 1 N–H and O–H groups in total. The highest BCUT2D eigenvalue weighted by Gasteiger charge is 2.39. The largest absolute Gasteiger partial charge is 0.322 e. The molecule has 0 spiro atoms. The Hall–Kier alpha value is -3.10. The number of nitriles is 1. The molecule has 170 valence electrons. The van der Waals surface area contributed by atoms with E-state index in [2.05, 4.69) is 63.7 Å². The molecule has 1 aliphatic heterocycles. The van der Waals surface area contributed by atoms with Gasteiger partial charge in [0.15, 0.2) is 0 Å². The smallest absolute Gasteiger partial charge is 0.321 e. The first-order valence-electron chi connectivity index (χ1n) is 12.2. The molecule has 33 heavy (non-hydrogen) atoms. The van der Waals surface area contributed by atoms with Gasteiger partial charge in [-0.2, -0.15) is 5.26 Å². The number of piperidine rings is 1. The monoisotopic (exact) mass is 440 g/mol. The van der Waals surface area contributed by atoms with Crippen molar-refractivity contribution < 1.29 is 4.79 Å². The zero-order valence-electron chi connectivity index (χ0n) is 19.1. The summed E-state index contributed by atoms with van der Waals surface area (Å²) in [5, 5.41) is 12.3. The predicted octanol–water partition coefficient (Wildman–Crippen LogP) is 5.27. The van der Waals surface area contributed by atoms with Gasteiger partial charge in [0.25, 0.3) is 0 Å². The fraction of sp³-hybridized carbons (Fsp3) is 0.429. The number of rotatable bonds is 6. The number of hydrogen-bond acceptors (Lipinski definition) is 3. The third kappa shape index (κ3) is 5.12. The van der Waals surface area contributed by atoms with Gasteiger partial charge in [-0.25, -0.2) is 4.79 Å². The predicted molar refractivity (Wildman–Crippen MR) is 130 cm³/mol. The summed E-state index contributed by atoms with van der Waals surface area (Å²) in [7, 11) is 0. The fourth-order valence-electron chi connectivity index (χ4n) is 5.85. The summed E-state index contributed by atoms with van der Waals surface area (Å²) in [4.78, 5) is 18.1. The van der Waals surface area contributed by atoms with E-state index in [4.69, 9.17) is 0 Å². The molecular formula is C28H32N4O. The van der Waals surface area contributed by atoms with Crippen molar-refractivity contribution in [3.05, 3.63) is 77.9 Å². The Morgan fingerprint density at radius 1 is 1.06 bits per heavy atom. The molecule has 3 unspecified atom stereocenters. The van der Waals surface area contributed by atoms with Crippen LogP contribution in [0, 0.1) is 29.1 Å². The number of hydrogen-bond donors (Lipinski definition) is 1. The number of nitrogens with one attached hydrogen (secondary N) is 1. The minimum atomic E-state index is -0.0293. The average molecular weight is 441 g/mol. The zero-order chi connectivity index (χ0) is 22.6. The van der Waals surface area contributed by atoms with Gasteiger partial charge < -0.3 is 10.2 Å². The lowest BCUT2D eigenvalue weighted by molar-refractivity contribution is 0.110. The number of carbonyl (C=O) groups is 1. The Balaban J connectivity index is 1.26. The number of fused-ring (bicyclic) bond motifs is 2. The van der Waals surface area contributed by atoms with Crippen LogP contribution in [-0.4, -0.2) is 41.5 Å². The molecule has 2 aliphatic carbocycles. The van der Waals surface area contributed by atoms with E-state index < -0.39 is 0 Å². The average Bonchev–Trinajstić information content (AvgIpc) is 3.47. The number of benzene rings is 2. The first-order chi connectivity index (χ1) is 16.2. The molecule has 3 atom stereocenters. The summed E-state index contributed by atoms with van der Waals surface area (Å²) in [6.07, 6.45) is 9.17. The lowest BCUT2D eigenvalue weighted by Gasteiger charge is -2.40. The Morgan fingerprint density at radius 2 is 1.88 bits per heavy atom. The van der Waals surface area contributed by atoms with E-state index in [1.165, 1.54) is 18.4 Å². The zero-order valence-corrected chi connectivity index (χ0v) is 19.1. The van der Waals surface area contributed by atoms with Crippen LogP contribution in [0.4, 0.5) is 10.5 Å².